The van der Waals surface area contributed by atoms with Crippen molar-refractivity contribution in [3.63, 3.8) is 0 Å². The topological polar surface area (TPSA) is 109 Å². The molecule has 1 aromatic heterocycles. The van der Waals surface area contributed by atoms with Gasteiger partial charge in [0.05, 0.1) is 39.2 Å². The van der Waals surface area contributed by atoms with Gasteiger partial charge >= 0.3 is 17.9 Å². The van der Waals surface area contributed by atoms with E-state index in [0.29, 0.717) is 19.8 Å². The maximum absolute atomic E-state index is 12.4. The molecule has 38 heavy (non-hydrogen) atoms. The maximum atomic E-state index is 12.4. The van der Waals surface area contributed by atoms with E-state index in [2.05, 4.69) is 23.0 Å². The molecular weight excluding hydrogens is 490 g/mol. The third kappa shape index (κ3) is 16.0. The molecule has 0 amide bonds. The number of hydrogen-bond donors (Lipinski definition) is 0. The van der Waals surface area contributed by atoms with Crippen LogP contribution in [0.5, 0.6) is 0 Å². The quantitative estimate of drug-likeness (QED) is 0.101. The molecule has 0 bridgehead atoms. The zero-order valence-corrected chi connectivity index (χ0v) is 23.5. The van der Waals surface area contributed by atoms with Crippen LogP contribution in [-0.4, -0.2) is 85.0 Å². The number of carbonyl (C=O) groups is 3. The summed E-state index contributed by atoms with van der Waals surface area (Å²) in [5.74, 6) is -1.23. The summed E-state index contributed by atoms with van der Waals surface area (Å²) in [7, 11) is 0. The summed E-state index contributed by atoms with van der Waals surface area (Å²) in [4.78, 5) is 41.3. The predicted octanol–water partition coefficient (Wildman–Crippen LogP) is 3.43. The van der Waals surface area contributed by atoms with E-state index in [-0.39, 0.29) is 37.6 Å². The van der Waals surface area contributed by atoms with Crippen molar-refractivity contribution in [2.45, 2.75) is 53.5 Å². The van der Waals surface area contributed by atoms with Gasteiger partial charge in [0.2, 0.25) is 0 Å². The highest BCUT2D eigenvalue weighted by Crippen LogP contribution is 2.17. The Morgan fingerprint density at radius 1 is 0.868 bits per heavy atom. The molecule has 0 spiro atoms. The van der Waals surface area contributed by atoms with Crippen molar-refractivity contribution in [1.29, 1.82) is 0 Å². The lowest BCUT2D eigenvalue weighted by Gasteiger charge is -2.25. The fourth-order valence-electron chi connectivity index (χ4n) is 3.30. The zero-order valence-electron chi connectivity index (χ0n) is 23.5. The number of hydrogen-bond acceptors (Lipinski definition) is 9. The molecule has 0 aliphatic heterocycles. The van der Waals surface area contributed by atoms with E-state index in [9.17, 15) is 14.4 Å². The first-order valence-corrected chi connectivity index (χ1v) is 13.0. The molecule has 1 rings (SSSR count). The SMILES string of the molecule is C=CC(=O)OCC(C)(C)COCCCN(CCCn1ccnc1)CCC(=O)OCC(C)(C)COC(=O)C=C. The number of aromatic nitrogens is 2. The molecule has 10 heteroatoms. The highest BCUT2D eigenvalue weighted by molar-refractivity contribution is 5.81. The van der Waals surface area contributed by atoms with Crippen LogP contribution >= 0.6 is 0 Å². The second-order valence-electron chi connectivity index (χ2n) is 10.8. The molecule has 0 atom stereocenters. The third-order valence-corrected chi connectivity index (χ3v) is 5.51. The Balaban J connectivity index is 2.44. The van der Waals surface area contributed by atoms with Gasteiger partial charge in [-0.15, -0.1) is 0 Å². The van der Waals surface area contributed by atoms with Crippen molar-refractivity contribution >= 4 is 17.9 Å². The molecule has 0 aliphatic carbocycles. The lowest BCUT2D eigenvalue weighted by Crippen LogP contribution is -2.32. The van der Waals surface area contributed by atoms with E-state index in [0.717, 1.165) is 44.6 Å². The summed E-state index contributed by atoms with van der Waals surface area (Å²) in [6.45, 7) is 19.0. The number of ether oxygens (including phenoxy) is 4. The molecular formula is C28H45N3O7. The Bertz CT molecular complexity index is 866. The molecule has 0 N–H and O–H groups in total. The van der Waals surface area contributed by atoms with Crippen LogP contribution in [0.3, 0.4) is 0 Å². The Morgan fingerprint density at radius 3 is 2.03 bits per heavy atom. The molecule has 0 radical (unpaired) electrons. The first-order valence-electron chi connectivity index (χ1n) is 13.0. The van der Waals surface area contributed by atoms with Crippen LogP contribution in [0, 0.1) is 10.8 Å². The second-order valence-corrected chi connectivity index (χ2v) is 10.8. The highest BCUT2D eigenvalue weighted by Gasteiger charge is 2.23. The molecule has 1 heterocycles. The molecule has 0 saturated heterocycles. The second kappa shape index (κ2) is 17.5. The van der Waals surface area contributed by atoms with E-state index in [1.807, 2.05) is 38.5 Å². The van der Waals surface area contributed by atoms with E-state index >= 15 is 0 Å². The standard InChI is InChI=1S/C28H45N3O7/c1-7-24(32)36-20-27(3,4)19-35-18-10-15-30(13-9-14-31-17-12-29-23-31)16-11-26(34)38-22-28(5,6)21-37-25(33)8-2/h7-8,12,17,23H,1-2,9-11,13-16,18-22H2,3-6H3. The minimum absolute atomic E-state index is 0.138. The van der Waals surface area contributed by atoms with E-state index in [4.69, 9.17) is 18.9 Å². The first-order chi connectivity index (χ1) is 18.0. The zero-order chi connectivity index (χ0) is 28.4. The van der Waals surface area contributed by atoms with Gasteiger partial charge in [0, 0.05) is 61.6 Å². The Labute approximate surface area is 227 Å². The van der Waals surface area contributed by atoms with Gasteiger partial charge in [-0.05, 0) is 19.4 Å². The number of nitrogens with zero attached hydrogens (tertiary/aromatic N) is 3. The highest BCUT2D eigenvalue weighted by atomic mass is 16.5. The lowest BCUT2D eigenvalue weighted by atomic mass is 9.96. The van der Waals surface area contributed by atoms with Gasteiger partial charge < -0.3 is 28.4 Å². The fourth-order valence-corrected chi connectivity index (χ4v) is 3.30. The van der Waals surface area contributed by atoms with Crippen LogP contribution < -0.4 is 0 Å². The van der Waals surface area contributed by atoms with Crippen molar-refractivity contribution in [3.8, 4) is 0 Å². The number of imidazole rings is 1. The van der Waals surface area contributed by atoms with Crippen molar-refractivity contribution in [2.24, 2.45) is 10.8 Å². The smallest absolute Gasteiger partial charge is 0.330 e. The van der Waals surface area contributed by atoms with E-state index < -0.39 is 17.4 Å². The first kappa shape index (κ1) is 33.0. The molecule has 0 unspecified atom stereocenters. The van der Waals surface area contributed by atoms with Crippen LogP contribution in [0.2, 0.25) is 0 Å². The molecule has 1 aromatic rings. The summed E-state index contributed by atoms with van der Waals surface area (Å²) in [5, 5.41) is 0. The van der Waals surface area contributed by atoms with Gasteiger partial charge in [-0.1, -0.05) is 40.9 Å². The summed E-state index contributed by atoms with van der Waals surface area (Å²) in [6.07, 6.45) is 9.70. The van der Waals surface area contributed by atoms with E-state index in [1.54, 1.807) is 12.5 Å². The van der Waals surface area contributed by atoms with Crippen molar-refractivity contribution < 1.29 is 33.3 Å². The Hall–Kier alpha value is -2.98. The van der Waals surface area contributed by atoms with Crippen molar-refractivity contribution in [2.75, 3.05) is 52.7 Å². The average Bonchev–Trinajstić information content (AvgIpc) is 3.40. The monoisotopic (exact) mass is 535 g/mol. The molecule has 0 aromatic carbocycles. The van der Waals surface area contributed by atoms with Gasteiger partial charge in [-0.2, -0.15) is 0 Å². The molecule has 0 saturated carbocycles. The summed E-state index contributed by atoms with van der Waals surface area (Å²) < 4.78 is 23.5. The van der Waals surface area contributed by atoms with Crippen LogP contribution in [-0.2, 0) is 39.9 Å². The van der Waals surface area contributed by atoms with Crippen molar-refractivity contribution in [3.05, 3.63) is 44.0 Å². The van der Waals surface area contributed by atoms with Crippen LogP contribution in [0.1, 0.15) is 47.0 Å². The summed E-state index contributed by atoms with van der Waals surface area (Å²) in [5.41, 5.74) is -0.793. The summed E-state index contributed by atoms with van der Waals surface area (Å²) >= 11 is 0. The average molecular weight is 536 g/mol. The molecule has 0 fully saturated rings. The summed E-state index contributed by atoms with van der Waals surface area (Å²) in [6, 6.07) is 0. The Morgan fingerprint density at radius 2 is 1.45 bits per heavy atom. The number of carbonyl (C=O) groups excluding carboxylic acids is 3. The van der Waals surface area contributed by atoms with Crippen molar-refractivity contribution in [1.82, 2.24) is 14.5 Å². The number of aryl methyl sites for hydroxylation is 1. The fraction of sp³-hybridized carbons (Fsp3) is 0.643. The van der Waals surface area contributed by atoms with Crippen LogP contribution in [0.15, 0.2) is 44.0 Å². The number of esters is 3. The molecule has 0 aliphatic rings. The Kier molecular flexibility index (Phi) is 15.2. The molecule has 214 valence electrons. The minimum Gasteiger partial charge on any atom is -0.465 e. The minimum atomic E-state index is -0.501. The molecule has 10 nitrogen and oxygen atoms in total. The van der Waals surface area contributed by atoms with Gasteiger partial charge in [0.25, 0.3) is 0 Å². The third-order valence-electron chi connectivity index (χ3n) is 5.51. The normalized spacial score (nSPS) is 11.7. The number of rotatable bonds is 21. The maximum Gasteiger partial charge on any atom is 0.330 e. The van der Waals surface area contributed by atoms with Gasteiger partial charge in [-0.3, -0.25) is 4.79 Å². The van der Waals surface area contributed by atoms with Crippen LogP contribution in [0.25, 0.3) is 0 Å². The van der Waals surface area contributed by atoms with E-state index in [1.165, 1.54) is 0 Å². The lowest BCUT2D eigenvalue weighted by molar-refractivity contribution is -0.150. The van der Waals surface area contributed by atoms with Gasteiger partial charge in [-0.25, -0.2) is 14.6 Å². The van der Waals surface area contributed by atoms with Gasteiger partial charge in [0.1, 0.15) is 0 Å². The van der Waals surface area contributed by atoms with Crippen LogP contribution in [0.4, 0.5) is 0 Å². The van der Waals surface area contributed by atoms with Gasteiger partial charge in [0.15, 0.2) is 0 Å². The largest absolute Gasteiger partial charge is 0.465 e. The predicted molar refractivity (Wildman–Crippen MR) is 144 cm³/mol.